The third-order valence-corrected chi connectivity index (χ3v) is 7.17. The number of esters is 2. The van der Waals surface area contributed by atoms with Crippen molar-refractivity contribution in [3.63, 3.8) is 0 Å². The lowest BCUT2D eigenvalue weighted by Crippen LogP contribution is -2.37. The van der Waals surface area contributed by atoms with Gasteiger partial charge < -0.3 is 18.9 Å². The molecule has 0 aliphatic carbocycles. The van der Waals surface area contributed by atoms with Gasteiger partial charge in [0.25, 0.3) is 0 Å². The Bertz CT molecular complexity index is 835. The van der Waals surface area contributed by atoms with Crippen LogP contribution < -0.4 is 0 Å². The number of carbonyl (C=O) groups is 2. The molecule has 0 heterocycles. The van der Waals surface area contributed by atoms with Gasteiger partial charge in [-0.25, -0.2) is 4.57 Å². The van der Waals surface area contributed by atoms with E-state index < -0.39 is 32.5 Å². The average molecular weight is 617 g/mol. The highest BCUT2D eigenvalue weighted by molar-refractivity contribution is 7.47. The van der Waals surface area contributed by atoms with Crippen molar-refractivity contribution >= 4 is 19.8 Å². The lowest BCUT2D eigenvalue weighted by Gasteiger charge is -2.24. The maximum absolute atomic E-state index is 12.4. The summed E-state index contributed by atoms with van der Waals surface area (Å²) >= 11 is 0. The number of carbonyl (C=O) groups excluding carboxylic acids is 2. The molecule has 0 aliphatic heterocycles. The number of rotatable bonds is 27. The molecule has 9 nitrogen and oxygen atoms in total. The smallest absolute Gasteiger partial charge is 0.462 e. The van der Waals surface area contributed by atoms with Crippen LogP contribution in [-0.2, 0) is 32.7 Å². The molecule has 0 aromatic heterocycles. The summed E-state index contributed by atoms with van der Waals surface area (Å²) in [5.74, 6) is -0.854. The molecule has 2 atom stereocenters. The molecule has 42 heavy (non-hydrogen) atoms. The van der Waals surface area contributed by atoms with E-state index in [1.165, 1.54) is 0 Å². The summed E-state index contributed by atoms with van der Waals surface area (Å²) in [4.78, 5) is 34.5. The second-order valence-corrected chi connectivity index (χ2v) is 12.9. The van der Waals surface area contributed by atoms with Crippen molar-refractivity contribution in [2.45, 2.75) is 110 Å². The van der Waals surface area contributed by atoms with Crippen molar-refractivity contribution in [2.75, 3.05) is 47.5 Å². The van der Waals surface area contributed by atoms with Gasteiger partial charge in [-0.2, -0.15) is 0 Å². The van der Waals surface area contributed by atoms with Crippen molar-refractivity contribution < 1.29 is 42.1 Å². The van der Waals surface area contributed by atoms with Gasteiger partial charge in [0.1, 0.15) is 19.8 Å². The third-order valence-electron chi connectivity index (χ3n) is 6.18. The Labute approximate surface area is 255 Å². The molecule has 244 valence electrons. The van der Waals surface area contributed by atoms with E-state index in [9.17, 15) is 19.0 Å². The van der Waals surface area contributed by atoms with E-state index in [4.69, 9.17) is 18.5 Å². The summed E-state index contributed by atoms with van der Waals surface area (Å²) in [6.07, 6.45) is 24.2. The summed E-state index contributed by atoms with van der Waals surface area (Å²) < 4.78 is 33.6. The van der Waals surface area contributed by atoms with Crippen LogP contribution in [0.1, 0.15) is 104 Å². The van der Waals surface area contributed by atoms with Gasteiger partial charge >= 0.3 is 19.8 Å². The molecule has 0 fully saturated rings. The number of ether oxygens (including phenoxy) is 2. The number of hydrogen-bond donors (Lipinski definition) is 1. The average Bonchev–Trinajstić information content (AvgIpc) is 2.91. The second-order valence-electron chi connectivity index (χ2n) is 11.5. The van der Waals surface area contributed by atoms with Gasteiger partial charge in [-0.3, -0.25) is 18.6 Å². The molecule has 0 amide bonds. The van der Waals surface area contributed by atoms with Crippen LogP contribution in [0.5, 0.6) is 0 Å². The molecule has 10 heteroatoms. The van der Waals surface area contributed by atoms with Gasteiger partial charge in [0, 0.05) is 12.8 Å². The van der Waals surface area contributed by atoms with E-state index in [-0.39, 0.29) is 26.1 Å². The number of quaternary nitrogens is 1. The van der Waals surface area contributed by atoms with E-state index in [1.54, 1.807) is 0 Å². The molecule has 2 unspecified atom stereocenters. The third kappa shape index (κ3) is 28.4. The molecule has 0 aromatic rings. The summed E-state index contributed by atoms with van der Waals surface area (Å²) in [6.45, 7) is 4.06. The lowest BCUT2D eigenvalue weighted by atomic mass is 10.1. The van der Waals surface area contributed by atoms with Gasteiger partial charge in [0.15, 0.2) is 6.10 Å². The van der Waals surface area contributed by atoms with Crippen LogP contribution in [0.3, 0.4) is 0 Å². The molecular formula is C32H59NO8P+. The number of phosphoric ester groups is 1. The normalized spacial score (nSPS) is 14.5. The van der Waals surface area contributed by atoms with Crippen LogP contribution in [0.15, 0.2) is 36.5 Å². The summed E-state index contributed by atoms with van der Waals surface area (Å²) in [5, 5.41) is 0. The molecule has 0 rings (SSSR count). The van der Waals surface area contributed by atoms with Crippen LogP contribution in [0.2, 0.25) is 0 Å². The molecule has 0 saturated carbocycles. The Hall–Kier alpha value is -1.77. The van der Waals surface area contributed by atoms with Crippen LogP contribution >= 0.6 is 7.82 Å². The number of phosphoric acid groups is 1. The highest BCUT2D eigenvalue weighted by atomic mass is 31.2. The molecule has 0 spiro atoms. The minimum absolute atomic E-state index is 0.0268. The fourth-order valence-corrected chi connectivity index (χ4v) is 4.41. The predicted molar refractivity (Wildman–Crippen MR) is 169 cm³/mol. The molecular weight excluding hydrogens is 557 g/mol. The Kier molecular flexibility index (Phi) is 24.6. The van der Waals surface area contributed by atoms with Gasteiger partial charge in [0.05, 0.1) is 27.7 Å². The number of likely N-dealkylation sites (N-methyl/N-ethyl adjacent to an activating group) is 1. The van der Waals surface area contributed by atoms with Crippen molar-refractivity contribution in [2.24, 2.45) is 0 Å². The van der Waals surface area contributed by atoms with E-state index >= 15 is 0 Å². The van der Waals surface area contributed by atoms with Crippen LogP contribution in [0, 0.1) is 0 Å². The fraction of sp³-hybridized carbons (Fsp3) is 0.750. The van der Waals surface area contributed by atoms with Gasteiger partial charge in [0.2, 0.25) is 0 Å². The number of nitrogens with zero attached hydrogens (tertiary/aromatic N) is 1. The van der Waals surface area contributed by atoms with Gasteiger partial charge in [-0.15, -0.1) is 0 Å². The van der Waals surface area contributed by atoms with Gasteiger partial charge in [-0.05, 0) is 44.9 Å². The minimum Gasteiger partial charge on any atom is -0.462 e. The van der Waals surface area contributed by atoms with E-state index in [2.05, 4.69) is 43.4 Å². The standard InChI is InChI=1S/C32H58NO8P/c1-6-8-10-11-12-13-14-15-16-17-18-19-20-21-23-25-32(35)41-30(28-38-31(34)24-22-9-7-2)29-40-42(36,37)39-27-26-33(3,4)5/h8,10,12-13,15-16,30H,6-7,9,11,14,17-29H2,1-5H3/p+1/b10-8-,13-12-,16-15-. The Morgan fingerprint density at radius 2 is 1.36 bits per heavy atom. The first-order valence-corrected chi connectivity index (χ1v) is 17.2. The zero-order chi connectivity index (χ0) is 31.5. The fourth-order valence-electron chi connectivity index (χ4n) is 3.67. The molecule has 0 saturated heterocycles. The van der Waals surface area contributed by atoms with Crippen molar-refractivity contribution in [1.82, 2.24) is 0 Å². The predicted octanol–water partition coefficient (Wildman–Crippen LogP) is 7.45. The number of hydrogen-bond acceptors (Lipinski definition) is 7. The summed E-state index contributed by atoms with van der Waals surface area (Å²) in [7, 11) is 1.45. The number of allylic oxidation sites excluding steroid dienone is 6. The SMILES string of the molecule is CC/C=C\C/C=C\C/C=C\CCCCCCCC(=O)OC(COC(=O)CCCCC)COP(=O)(O)OCC[N+](C)(C)C. The van der Waals surface area contributed by atoms with Gasteiger partial charge in [-0.1, -0.05) is 82.4 Å². The Balaban J connectivity index is 4.39. The largest absolute Gasteiger partial charge is 0.472 e. The maximum Gasteiger partial charge on any atom is 0.472 e. The first-order chi connectivity index (χ1) is 20.0. The summed E-state index contributed by atoms with van der Waals surface area (Å²) in [6, 6.07) is 0. The second kappa shape index (κ2) is 25.7. The van der Waals surface area contributed by atoms with Crippen molar-refractivity contribution in [3.8, 4) is 0 Å². The monoisotopic (exact) mass is 616 g/mol. The Morgan fingerprint density at radius 3 is 2.02 bits per heavy atom. The minimum atomic E-state index is -4.35. The topological polar surface area (TPSA) is 108 Å². The van der Waals surface area contributed by atoms with Crippen LogP contribution in [0.4, 0.5) is 0 Å². The molecule has 0 aromatic carbocycles. The van der Waals surface area contributed by atoms with E-state index in [0.717, 1.165) is 64.2 Å². The first kappa shape index (κ1) is 40.2. The maximum atomic E-state index is 12.4. The molecule has 0 radical (unpaired) electrons. The quantitative estimate of drug-likeness (QED) is 0.0333. The number of unbranched alkanes of at least 4 members (excludes halogenated alkanes) is 7. The summed E-state index contributed by atoms with van der Waals surface area (Å²) in [5.41, 5.74) is 0. The van der Waals surface area contributed by atoms with Crippen molar-refractivity contribution in [3.05, 3.63) is 36.5 Å². The van der Waals surface area contributed by atoms with E-state index in [1.807, 2.05) is 28.1 Å². The molecule has 1 N–H and O–H groups in total. The zero-order valence-corrected chi connectivity index (χ0v) is 27.9. The van der Waals surface area contributed by atoms with E-state index in [0.29, 0.717) is 23.9 Å². The lowest BCUT2D eigenvalue weighted by molar-refractivity contribution is -0.870. The van der Waals surface area contributed by atoms with Crippen LogP contribution in [-0.4, -0.2) is 74.9 Å². The highest BCUT2D eigenvalue weighted by Crippen LogP contribution is 2.43. The highest BCUT2D eigenvalue weighted by Gasteiger charge is 2.27. The molecule has 0 bridgehead atoms. The first-order valence-electron chi connectivity index (χ1n) is 15.7. The van der Waals surface area contributed by atoms with Crippen LogP contribution in [0.25, 0.3) is 0 Å². The Morgan fingerprint density at radius 1 is 0.762 bits per heavy atom. The molecule has 0 aliphatic rings. The van der Waals surface area contributed by atoms with Crippen molar-refractivity contribution in [1.29, 1.82) is 0 Å². The zero-order valence-electron chi connectivity index (χ0n) is 27.0.